The summed E-state index contributed by atoms with van der Waals surface area (Å²) in [5.74, 6) is -0.0685. The molecule has 0 radical (unpaired) electrons. The molecule has 1 fully saturated rings. The second-order valence-corrected chi connectivity index (χ2v) is 6.36. The van der Waals surface area contributed by atoms with Gasteiger partial charge in [-0.3, -0.25) is 19.4 Å². The third kappa shape index (κ3) is 3.79. The van der Waals surface area contributed by atoms with Gasteiger partial charge in [0.05, 0.1) is 6.20 Å². The zero-order valence-electron chi connectivity index (χ0n) is 14.0. The van der Waals surface area contributed by atoms with E-state index in [1.165, 1.54) is 0 Å². The Balaban J connectivity index is 1.64. The fourth-order valence-electron chi connectivity index (χ4n) is 3.21. The number of rotatable bonds is 5. The molecule has 7 heteroatoms. The maximum Gasteiger partial charge on any atom is 0.253 e. The van der Waals surface area contributed by atoms with E-state index in [1.54, 1.807) is 47.4 Å². The molecule has 24 heavy (non-hydrogen) atoms. The topological polar surface area (TPSA) is 54.3 Å². The molecule has 2 aromatic rings. The van der Waals surface area contributed by atoms with Crippen LogP contribution in [0.3, 0.4) is 0 Å². The quantitative estimate of drug-likeness (QED) is 0.833. The van der Waals surface area contributed by atoms with E-state index >= 15 is 0 Å². The maximum absolute atomic E-state index is 13.9. The molecule has 0 unspecified atom stereocenters. The first-order valence-electron chi connectivity index (χ1n) is 8.04. The van der Waals surface area contributed by atoms with Gasteiger partial charge < -0.3 is 4.90 Å². The van der Waals surface area contributed by atoms with Crippen LogP contribution in [0, 0.1) is 0 Å². The molecule has 1 aliphatic rings. The summed E-state index contributed by atoms with van der Waals surface area (Å²) in [5.41, 5.74) is 1.65. The highest BCUT2D eigenvalue weighted by Crippen LogP contribution is 2.23. The third-order valence-electron chi connectivity index (χ3n) is 4.38. The van der Waals surface area contributed by atoms with Crippen molar-refractivity contribution >= 4 is 5.91 Å². The summed E-state index contributed by atoms with van der Waals surface area (Å²) < 4.78 is 15.7. The monoisotopic (exact) mass is 331 g/mol. The van der Waals surface area contributed by atoms with Crippen molar-refractivity contribution < 1.29 is 9.18 Å². The largest absolute Gasteiger partial charge is 0.340 e. The van der Waals surface area contributed by atoms with Gasteiger partial charge in [-0.1, -0.05) is 0 Å². The van der Waals surface area contributed by atoms with E-state index in [2.05, 4.69) is 15.0 Å². The lowest BCUT2D eigenvalue weighted by Gasteiger charge is -2.28. The van der Waals surface area contributed by atoms with Crippen LogP contribution in [-0.2, 0) is 13.6 Å². The third-order valence-corrected chi connectivity index (χ3v) is 4.38. The summed E-state index contributed by atoms with van der Waals surface area (Å²) in [6, 6.07) is 3.40. The van der Waals surface area contributed by atoms with Crippen molar-refractivity contribution in [2.24, 2.45) is 7.05 Å². The Labute approximate surface area is 140 Å². The van der Waals surface area contributed by atoms with E-state index in [-0.39, 0.29) is 11.9 Å². The minimum atomic E-state index is -0.851. The highest BCUT2D eigenvalue weighted by Gasteiger charge is 2.33. The number of carbonyl (C=O) groups is 1. The number of alkyl halides is 1. The Kier molecular flexibility index (Phi) is 4.89. The van der Waals surface area contributed by atoms with Gasteiger partial charge in [0.2, 0.25) is 0 Å². The summed E-state index contributed by atoms with van der Waals surface area (Å²) in [4.78, 5) is 20.1. The van der Waals surface area contributed by atoms with E-state index in [9.17, 15) is 9.18 Å². The Morgan fingerprint density at radius 2 is 2.17 bits per heavy atom. The van der Waals surface area contributed by atoms with Crippen LogP contribution in [0.1, 0.15) is 22.3 Å². The summed E-state index contributed by atoms with van der Waals surface area (Å²) in [6.45, 7) is 1.55. The standard InChI is InChI=1S/C17H22FN5O/c1-21(17(24)14-3-5-19-6-4-14)12-16-7-15(18)11-23(16)10-13-8-20-22(2)9-13/h3-6,8-9,15-16H,7,10-12H2,1-2H3/t15-,16-/m0/s1. The van der Waals surface area contributed by atoms with E-state index < -0.39 is 6.17 Å². The minimum absolute atomic E-state index is 0.0102. The van der Waals surface area contributed by atoms with Crippen molar-refractivity contribution in [1.29, 1.82) is 0 Å². The zero-order chi connectivity index (χ0) is 17.1. The predicted molar refractivity (Wildman–Crippen MR) is 88.1 cm³/mol. The molecule has 0 bridgehead atoms. The summed E-state index contributed by atoms with van der Waals surface area (Å²) in [7, 11) is 3.63. The number of aryl methyl sites for hydroxylation is 1. The number of hydrogen-bond acceptors (Lipinski definition) is 4. The predicted octanol–water partition coefficient (Wildman–Crippen LogP) is 1.50. The van der Waals surface area contributed by atoms with Crippen molar-refractivity contribution in [1.82, 2.24) is 24.6 Å². The smallest absolute Gasteiger partial charge is 0.253 e. The second-order valence-electron chi connectivity index (χ2n) is 6.36. The number of amides is 1. The van der Waals surface area contributed by atoms with Gasteiger partial charge in [-0.15, -0.1) is 0 Å². The van der Waals surface area contributed by atoms with Crippen molar-refractivity contribution in [2.45, 2.75) is 25.2 Å². The van der Waals surface area contributed by atoms with Gasteiger partial charge in [0.15, 0.2) is 0 Å². The van der Waals surface area contributed by atoms with Crippen molar-refractivity contribution in [3.8, 4) is 0 Å². The van der Waals surface area contributed by atoms with Crippen molar-refractivity contribution in [3.05, 3.63) is 48.0 Å². The van der Waals surface area contributed by atoms with Gasteiger partial charge in [-0.25, -0.2) is 4.39 Å². The first kappa shape index (κ1) is 16.6. The van der Waals surface area contributed by atoms with E-state index in [4.69, 9.17) is 0 Å². The van der Waals surface area contributed by atoms with Crippen LogP contribution in [0.5, 0.6) is 0 Å². The van der Waals surface area contributed by atoms with Gasteiger partial charge in [0.25, 0.3) is 5.91 Å². The molecule has 0 aromatic carbocycles. The lowest BCUT2D eigenvalue weighted by molar-refractivity contribution is 0.0749. The van der Waals surface area contributed by atoms with Crippen LogP contribution < -0.4 is 0 Å². The highest BCUT2D eigenvalue weighted by atomic mass is 19.1. The Morgan fingerprint density at radius 3 is 2.83 bits per heavy atom. The molecule has 6 nitrogen and oxygen atoms in total. The van der Waals surface area contributed by atoms with Crippen LogP contribution in [0.25, 0.3) is 0 Å². The number of pyridine rings is 1. The number of carbonyl (C=O) groups excluding carboxylic acids is 1. The summed E-state index contributed by atoms with van der Waals surface area (Å²) in [6.07, 6.45) is 6.54. The second kappa shape index (κ2) is 7.09. The first-order valence-corrected chi connectivity index (χ1v) is 8.04. The molecular formula is C17H22FN5O. The average molecular weight is 331 g/mol. The molecule has 2 aromatic heterocycles. The van der Waals surface area contributed by atoms with Crippen LogP contribution in [0.2, 0.25) is 0 Å². The number of halogens is 1. The molecular weight excluding hydrogens is 309 g/mol. The van der Waals surface area contributed by atoms with Crippen molar-refractivity contribution in [2.75, 3.05) is 20.1 Å². The lowest BCUT2D eigenvalue weighted by Crippen LogP contribution is -2.40. The molecule has 0 saturated carbocycles. The average Bonchev–Trinajstić information content (AvgIpc) is 3.13. The molecule has 128 valence electrons. The zero-order valence-corrected chi connectivity index (χ0v) is 14.0. The Hall–Kier alpha value is -2.28. The molecule has 0 N–H and O–H groups in total. The van der Waals surface area contributed by atoms with E-state index in [0.717, 1.165) is 5.56 Å². The number of likely N-dealkylation sites (N-methyl/N-ethyl adjacent to an activating group) is 1. The van der Waals surface area contributed by atoms with Crippen LogP contribution in [0.15, 0.2) is 36.9 Å². The van der Waals surface area contributed by atoms with Crippen LogP contribution >= 0.6 is 0 Å². The van der Waals surface area contributed by atoms with Crippen molar-refractivity contribution in [3.63, 3.8) is 0 Å². The normalized spacial score (nSPS) is 21.1. The minimum Gasteiger partial charge on any atom is -0.340 e. The Bertz CT molecular complexity index is 689. The SMILES string of the molecule is CN(C[C@@H]1C[C@H](F)CN1Cc1cnn(C)c1)C(=O)c1ccncc1. The van der Waals surface area contributed by atoms with Gasteiger partial charge in [-0.2, -0.15) is 5.10 Å². The van der Waals surface area contributed by atoms with Gasteiger partial charge in [-0.05, 0) is 18.6 Å². The fraction of sp³-hybridized carbons (Fsp3) is 0.471. The number of aromatic nitrogens is 3. The molecule has 1 saturated heterocycles. The molecule has 3 rings (SSSR count). The highest BCUT2D eigenvalue weighted by molar-refractivity contribution is 5.93. The number of nitrogens with zero attached hydrogens (tertiary/aromatic N) is 5. The maximum atomic E-state index is 13.9. The lowest BCUT2D eigenvalue weighted by atomic mass is 10.1. The number of hydrogen-bond donors (Lipinski definition) is 0. The van der Waals surface area contributed by atoms with Crippen LogP contribution in [0.4, 0.5) is 4.39 Å². The molecule has 0 aliphatic carbocycles. The number of likely N-dealkylation sites (tertiary alicyclic amines) is 1. The van der Waals surface area contributed by atoms with E-state index in [1.807, 2.05) is 13.2 Å². The first-order chi connectivity index (χ1) is 11.5. The fourth-order valence-corrected chi connectivity index (χ4v) is 3.21. The molecule has 1 aliphatic heterocycles. The Morgan fingerprint density at radius 1 is 1.42 bits per heavy atom. The van der Waals surface area contributed by atoms with Gasteiger partial charge >= 0.3 is 0 Å². The molecule has 1 amide bonds. The molecule has 0 spiro atoms. The summed E-state index contributed by atoms with van der Waals surface area (Å²) >= 11 is 0. The van der Waals surface area contributed by atoms with Gasteiger partial charge in [0.1, 0.15) is 6.17 Å². The summed E-state index contributed by atoms with van der Waals surface area (Å²) in [5, 5.41) is 4.16. The molecule has 2 atom stereocenters. The molecule has 3 heterocycles. The van der Waals surface area contributed by atoms with E-state index in [0.29, 0.717) is 31.6 Å². The van der Waals surface area contributed by atoms with Gasteiger partial charge in [0, 0.05) is 69.5 Å². The van der Waals surface area contributed by atoms with Crippen LogP contribution in [-0.4, -0.2) is 62.8 Å².